The molecule has 1 aromatic rings. The zero-order valence-electron chi connectivity index (χ0n) is 13.4. The third-order valence-electron chi connectivity index (χ3n) is 4.47. The van der Waals surface area contributed by atoms with Gasteiger partial charge in [0.05, 0.1) is 22.9 Å². The summed E-state index contributed by atoms with van der Waals surface area (Å²) in [6.07, 6.45) is 6.02. The molecule has 1 atom stereocenters. The molecule has 1 aliphatic heterocycles. The summed E-state index contributed by atoms with van der Waals surface area (Å²) in [7, 11) is 0. The highest BCUT2D eigenvalue weighted by atomic mass is 32.1. The number of ether oxygens (including phenoxy) is 1. The van der Waals surface area contributed by atoms with E-state index in [2.05, 4.69) is 17.2 Å². The Morgan fingerprint density at radius 1 is 1.41 bits per heavy atom. The maximum absolute atomic E-state index is 12.5. The van der Waals surface area contributed by atoms with Gasteiger partial charge in [0, 0.05) is 23.8 Å². The van der Waals surface area contributed by atoms with E-state index in [0.717, 1.165) is 55.1 Å². The lowest BCUT2D eigenvalue weighted by Gasteiger charge is -2.23. The molecule has 5 heteroatoms. The minimum Gasteiger partial charge on any atom is -0.497 e. The number of aryl methyl sites for hydroxylation is 2. The minimum absolute atomic E-state index is 0.0515. The fourth-order valence-corrected chi connectivity index (χ4v) is 4.44. The Bertz CT molecular complexity index is 591. The van der Waals surface area contributed by atoms with Crippen LogP contribution < -0.4 is 5.32 Å². The van der Waals surface area contributed by atoms with Crippen LogP contribution in [0.3, 0.4) is 0 Å². The summed E-state index contributed by atoms with van der Waals surface area (Å²) >= 11 is 1.81. The van der Waals surface area contributed by atoms with Gasteiger partial charge >= 0.3 is 0 Å². The van der Waals surface area contributed by atoms with Crippen molar-refractivity contribution in [2.75, 3.05) is 13.2 Å². The van der Waals surface area contributed by atoms with E-state index in [1.54, 1.807) is 0 Å². The fourth-order valence-electron chi connectivity index (χ4n) is 3.38. The van der Waals surface area contributed by atoms with Gasteiger partial charge < -0.3 is 10.1 Å². The van der Waals surface area contributed by atoms with E-state index in [-0.39, 0.29) is 5.91 Å². The smallest absolute Gasteiger partial charge is 0.250 e. The van der Waals surface area contributed by atoms with Crippen molar-refractivity contribution in [3.05, 3.63) is 26.9 Å². The number of fused-ring (bicyclic) bond motifs is 1. The second kappa shape index (κ2) is 6.82. The van der Waals surface area contributed by atoms with Gasteiger partial charge in [-0.05, 0) is 39.0 Å². The van der Waals surface area contributed by atoms with Crippen LogP contribution in [0.25, 0.3) is 0 Å². The average Bonchev–Trinajstić information content (AvgIpc) is 2.93. The van der Waals surface area contributed by atoms with Gasteiger partial charge in [0.2, 0.25) is 0 Å². The molecule has 120 valence electrons. The molecule has 0 spiro atoms. The number of thiazole rings is 1. The first kappa shape index (κ1) is 15.5. The molecule has 3 rings (SSSR count). The summed E-state index contributed by atoms with van der Waals surface area (Å²) in [5.41, 5.74) is 2.07. The van der Waals surface area contributed by atoms with E-state index in [9.17, 15) is 4.79 Å². The molecule has 1 unspecified atom stereocenters. The number of amides is 1. The van der Waals surface area contributed by atoms with Crippen molar-refractivity contribution in [1.29, 1.82) is 0 Å². The molecule has 0 radical (unpaired) electrons. The number of aromatic nitrogens is 1. The third kappa shape index (κ3) is 3.19. The van der Waals surface area contributed by atoms with Gasteiger partial charge in [0.1, 0.15) is 5.76 Å². The lowest BCUT2D eigenvalue weighted by molar-refractivity contribution is -0.118. The molecule has 4 nitrogen and oxygen atoms in total. The Morgan fingerprint density at radius 2 is 2.27 bits per heavy atom. The van der Waals surface area contributed by atoms with E-state index >= 15 is 0 Å². The van der Waals surface area contributed by atoms with Crippen molar-refractivity contribution < 1.29 is 9.53 Å². The molecule has 2 aliphatic rings. The lowest BCUT2D eigenvalue weighted by Crippen LogP contribution is -2.32. The number of allylic oxidation sites excluding steroid dienone is 1. The Morgan fingerprint density at radius 3 is 3.09 bits per heavy atom. The van der Waals surface area contributed by atoms with Crippen LogP contribution in [0.1, 0.15) is 60.5 Å². The zero-order chi connectivity index (χ0) is 15.5. The average molecular weight is 320 g/mol. The van der Waals surface area contributed by atoms with Crippen LogP contribution >= 0.6 is 11.3 Å². The standard InChI is InChI=1S/C17H24N2O2S/c1-3-14-13(7-5-9-21-14)17(20)18-10-12-6-4-8-15-16(12)19-11(2)22-15/h12H,3-10H2,1-2H3,(H,18,20). The molecular weight excluding hydrogens is 296 g/mol. The second-order valence-electron chi connectivity index (χ2n) is 6.05. The highest BCUT2D eigenvalue weighted by Gasteiger charge is 2.26. The number of nitrogens with zero attached hydrogens (tertiary/aromatic N) is 1. The van der Waals surface area contributed by atoms with E-state index < -0.39 is 0 Å². The number of nitrogens with one attached hydrogen (secondary N) is 1. The summed E-state index contributed by atoms with van der Waals surface area (Å²) in [5, 5.41) is 4.26. The molecule has 1 N–H and O–H groups in total. The molecule has 22 heavy (non-hydrogen) atoms. The molecule has 0 bridgehead atoms. The monoisotopic (exact) mass is 320 g/mol. The van der Waals surface area contributed by atoms with Gasteiger partial charge in [0.15, 0.2) is 0 Å². The van der Waals surface area contributed by atoms with Crippen LogP contribution in [0.5, 0.6) is 0 Å². The lowest BCUT2D eigenvalue weighted by atomic mass is 9.91. The molecule has 0 saturated heterocycles. The Kier molecular flexibility index (Phi) is 4.81. The predicted octanol–water partition coefficient (Wildman–Crippen LogP) is 3.46. The number of hydrogen-bond acceptors (Lipinski definition) is 4. The first-order valence-corrected chi connectivity index (χ1v) is 9.10. The van der Waals surface area contributed by atoms with Gasteiger partial charge in [-0.1, -0.05) is 6.92 Å². The van der Waals surface area contributed by atoms with Crippen molar-refractivity contribution in [1.82, 2.24) is 10.3 Å². The molecule has 1 aromatic heterocycles. The normalized spacial score (nSPS) is 21.3. The van der Waals surface area contributed by atoms with E-state index in [0.29, 0.717) is 12.5 Å². The molecule has 0 saturated carbocycles. The molecule has 1 amide bonds. The third-order valence-corrected chi connectivity index (χ3v) is 5.51. The summed E-state index contributed by atoms with van der Waals surface area (Å²) in [6.45, 7) is 5.54. The number of carbonyl (C=O) groups is 1. The Balaban J connectivity index is 1.65. The van der Waals surface area contributed by atoms with Crippen LogP contribution in [0.4, 0.5) is 0 Å². The van der Waals surface area contributed by atoms with Crippen LogP contribution in [-0.4, -0.2) is 24.0 Å². The Labute approximate surface area is 136 Å². The van der Waals surface area contributed by atoms with Gasteiger partial charge in [-0.2, -0.15) is 0 Å². The van der Waals surface area contributed by atoms with Crippen LogP contribution in [0.15, 0.2) is 11.3 Å². The second-order valence-corrected chi connectivity index (χ2v) is 7.34. The van der Waals surface area contributed by atoms with E-state index in [1.165, 1.54) is 17.0 Å². The van der Waals surface area contributed by atoms with Crippen LogP contribution in [-0.2, 0) is 16.0 Å². The number of rotatable bonds is 4. The van der Waals surface area contributed by atoms with Crippen LogP contribution in [0.2, 0.25) is 0 Å². The topological polar surface area (TPSA) is 51.2 Å². The molecule has 2 heterocycles. The first-order valence-electron chi connectivity index (χ1n) is 8.28. The van der Waals surface area contributed by atoms with Gasteiger partial charge in [-0.15, -0.1) is 11.3 Å². The predicted molar refractivity (Wildman–Crippen MR) is 88.0 cm³/mol. The molecular formula is C17H24N2O2S. The molecule has 1 aliphatic carbocycles. The van der Waals surface area contributed by atoms with Crippen molar-refractivity contribution in [2.24, 2.45) is 0 Å². The maximum atomic E-state index is 12.5. The highest BCUT2D eigenvalue weighted by molar-refractivity contribution is 7.11. The zero-order valence-corrected chi connectivity index (χ0v) is 14.2. The molecule has 0 aromatic carbocycles. The van der Waals surface area contributed by atoms with E-state index in [4.69, 9.17) is 4.74 Å². The van der Waals surface area contributed by atoms with Gasteiger partial charge in [-0.3, -0.25) is 4.79 Å². The summed E-state index contributed by atoms with van der Waals surface area (Å²) in [5.74, 6) is 1.29. The van der Waals surface area contributed by atoms with Crippen molar-refractivity contribution in [2.45, 2.75) is 58.3 Å². The first-order chi connectivity index (χ1) is 10.7. The quantitative estimate of drug-likeness (QED) is 0.924. The van der Waals surface area contributed by atoms with Crippen molar-refractivity contribution in [3.63, 3.8) is 0 Å². The maximum Gasteiger partial charge on any atom is 0.250 e. The van der Waals surface area contributed by atoms with Crippen molar-refractivity contribution in [3.8, 4) is 0 Å². The summed E-state index contributed by atoms with van der Waals surface area (Å²) in [6, 6.07) is 0. The largest absolute Gasteiger partial charge is 0.497 e. The van der Waals surface area contributed by atoms with Crippen molar-refractivity contribution >= 4 is 17.2 Å². The number of carbonyl (C=O) groups excluding carboxylic acids is 1. The minimum atomic E-state index is 0.0515. The Hall–Kier alpha value is -1.36. The van der Waals surface area contributed by atoms with Crippen LogP contribution in [0, 0.1) is 6.92 Å². The molecule has 0 fully saturated rings. The highest BCUT2D eigenvalue weighted by Crippen LogP contribution is 2.34. The number of hydrogen-bond donors (Lipinski definition) is 1. The summed E-state index contributed by atoms with van der Waals surface area (Å²) in [4.78, 5) is 18.6. The van der Waals surface area contributed by atoms with E-state index in [1.807, 2.05) is 18.3 Å². The fraction of sp³-hybridized carbons (Fsp3) is 0.647. The van der Waals surface area contributed by atoms with Gasteiger partial charge in [-0.25, -0.2) is 4.98 Å². The SMILES string of the molecule is CCC1=C(C(=O)NCC2CCCc3sc(C)nc32)CCCO1. The van der Waals surface area contributed by atoms with Gasteiger partial charge in [0.25, 0.3) is 5.91 Å². The summed E-state index contributed by atoms with van der Waals surface area (Å²) < 4.78 is 5.62.